The van der Waals surface area contributed by atoms with E-state index in [2.05, 4.69) is 41.4 Å². The van der Waals surface area contributed by atoms with Gasteiger partial charge in [-0.2, -0.15) is 4.98 Å². The number of hydrogen-bond donors (Lipinski definition) is 1. The van der Waals surface area contributed by atoms with Crippen LogP contribution in [-0.2, 0) is 6.54 Å². The summed E-state index contributed by atoms with van der Waals surface area (Å²) in [4.78, 5) is 4.46. The van der Waals surface area contributed by atoms with Crippen molar-refractivity contribution in [1.29, 1.82) is 0 Å². The third-order valence-corrected chi connectivity index (χ3v) is 4.41. The van der Waals surface area contributed by atoms with Crippen LogP contribution in [0.4, 0.5) is 5.69 Å². The van der Waals surface area contributed by atoms with Crippen molar-refractivity contribution >= 4 is 5.69 Å². The van der Waals surface area contributed by atoms with Crippen LogP contribution in [0, 0.1) is 0 Å². The monoisotopic (exact) mass is 383 g/mol. The SMILES string of the molecule is COc1cc(NCc2nc(-c3ccc(C(C)C)cc3)no2)cc(OC)c1OC. The number of nitrogens with one attached hydrogen (secondary N) is 1. The van der Waals surface area contributed by atoms with Gasteiger partial charge in [0.05, 0.1) is 27.9 Å². The highest BCUT2D eigenvalue weighted by atomic mass is 16.5. The average molecular weight is 383 g/mol. The number of nitrogens with zero attached hydrogens (tertiary/aromatic N) is 2. The molecule has 1 aromatic heterocycles. The smallest absolute Gasteiger partial charge is 0.246 e. The second kappa shape index (κ2) is 8.65. The van der Waals surface area contributed by atoms with Crippen molar-refractivity contribution in [3.05, 3.63) is 47.9 Å². The first kappa shape index (κ1) is 19.5. The van der Waals surface area contributed by atoms with Crippen molar-refractivity contribution in [2.75, 3.05) is 26.6 Å². The molecule has 3 aromatic rings. The summed E-state index contributed by atoms with van der Waals surface area (Å²) in [6.07, 6.45) is 0. The summed E-state index contributed by atoms with van der Waals surface area (Å²) in [5, 5.41) is 7.31. The molecule has 0 atom stereocenters. The van der Waals surface area contributed by atoms with E-state index < -0.39 is 0 Å². The molecule has 0 aliphatic heterocycles. The molecule has 7 nitrogen and oxygen atoms in total. The molecule has 0 unspecified atom stereocenters. The second-order valence-corrected chi connectivity index (χ2v) is 6.56. The van der Waals surface area contributed by atoms with Crippen molar-refractivity contribution in [3.8, 4) is 28.6 Å². The van der Waals surface area contributed by atoms with Crippen molar-refractivity contribution < 1.29 is 18.7 Å². The third-order valence-electron chi connectivity index (χ3n) is 4.41. The molecular weight excluding hydrogens is 358 g/mol. The second-order valence-electron chi connectivity index (χ2n) is 6.56. The zero-order chi connectivity index (χ0) is 20.1. The lowest BCUT2D eigenvalue weighted by Gasteiger charge is -2.14. The zero-order valence-corrected chi connectivity index (χ0v) is 16.8. The van der Waals surface area contributed by atoms with Crippen LogP contribution in [0.3, 0.4) is 0 Å². The maximum Gasteiger partial charge on any atom is 0.246 e. The lowest BCUT2D eigenvalue weighted by atomic mass is 10.0. The number of benzene rings is 2. The van der Waals surface area contributed by atoms with Crippen molar-refractivity contribution in [1.82, 2.24) is 10.1 Å². The van der Waals surface area contributed by atoms with Crippen LogP contribution < -0.4 is 19.5 Å². The molecule has 0 saturated carbocycles. The van der Waals surface area contributed by atoms with E-state index >= 15 is 0 Å². The Hall–Kier alpha value is -3.22. The quantitative estimate of drug-likeness (QED) is 0.613. The number of ether oxygens (including phenoxy) is 3. The summed E-state index contributed by atoms with van der Waals surface area (Å²) < 4.78 is 21.4. The first-order valence-electron chi connectivity index (χ1n) is 9.02. The first-order chi connectivity index (χ1) is 13.5. The average Bonchev–Trinajstić information content (AvgIpc) is 3.20. The van der Waals surface area contributed by atoms with E-state index in [-0.39, 0.29) is 0 Å². The molecule has 0 spiro atoms. The minimum absolute atomic E-state index is 0.371. The standard InChI is InChI=1S/C21H25N3O4/c1-13(2)14-6-8-15(9-7-14)21-23-19(28-24-21)12-22-16-10-17(25-3)20(27-5)18(11-16)26-4/h6-11,13,22H,12H2,1-5H3. The first-order valence-corrected chi connectivity index (χ1v) is 9.02. The van der Waals surface area contributed by atoms with E-state index in [1.165, 1.54) is 5.56 Å². The van der Waals surface area contributed by atoms with Gasteiger partial charge in [0.1, 0.15) is 0 Å². The van der Waals surface area contributed by atoms with E-state index in [0.717, 1.165) is 11.3 Å². The minimum atomic E-state index is 0.371. The highest BCUT2D eigenvalue weighted by Gasteiger charge is 2.14. The Balaban J connectivity index is 1.72. The molecule has 0 aliphatic carbocycles. The maximum atomic E-state index is 5.37. The molecule has 148 valence electrons. The van der Waals surface area contributed by atoms with E-state index in [1.807, 2.05) is 24.3 Å². The fraction of sp³-hybridized carbons (Fsp3) is 0.333. The Morgan fingerprint density at radius 1 is 0.964 bits per heavy atom. The van der Waals surface area contributed by atoms with Gasteiger partial charge in [0, 0.05) is 23.4 Å². The molecule has 0 aliphatic rings. The van der Waals surface area contributed by atoms with E-state index in [9.17, 15) is 0 Å². The summed E-state index contributed by atoms with van der Waals surface area (Å²) in [5.74, 6) is 3.22. The molecule has 7 heteroatoms. The van der Waals surface area contributed by atoms with Gasteiger partial charge in [-0.3, -0.25) is 0 Å². The normalized spacial score (nSPS) is 10.8. The summed E-state index contributed by atoms with van der Waals surface area (Å²) in [6.45, 7) is 4.70. The maximum absolute atomic E-state index is 5.37. The van der Waals surface area contributed by atoms with Crippen molar-refractivity contribution in [3.63, 3.8) is 0 Å². The van der Waals surface area contributed by atoms with Gasteiger partial charge in [0.15, 0.2) is 11.5 Å². The van der Waals surface area contributed by atoms with Gasteiger partial charge in [0.25, 0.3) is 0 Å². The van der Waals surface area contributed by atoms with Gasteiger partial charge in [-0.05, 0) is 11.5 Å². The van der Waals surface area contributed by atoms with Crippen LogP contribution in [0.15, 0.2) is 40.9 Å². The summed E-state index contributed by atoms with van der Waals surface area (Å²) in [7, 11) is 4.73. The van der Waals surface area contributed by atoms with Gasteiger partial charge in [-0.1, -0.05) is 43.3 Å². The molecule has 0 bridgehead atoms. The highest BCUT2D eigenvalue weighted by Crippen LogP contribution is 2.40. The van der Waals surface area contributed by atoms with Gasteiger partial charge >= 0.3 is 0 Å². The van der Waals surface area contributed by atoms with E-state index in [4.69, 9.17) is 18.7 Å². The largest absolute Gasteiger partial charge is 0.493 e. The fourth-order valence-electron chi connectivity index (χ4n) is 2.82. The molecule has 1 heterocycles. The summed E-state index contributed by atoms with van der Waals surface area (Å²) in [6, 6.07) is 11.8. The molecule has 3 rings (SSSR count). The Bertz CT molecular complexity index is 895. The number of methoxy groups -OCH3 is 3. The summed E-state index contributed by atoms with van der Waals surface area (Å²) >= 11 is 0. The lowest BCUT2D eigenvalue weighted by Crippen LogP contribution is -2.02. The number of hydrogen-bond acceptors (Lipinski definition) is 7. The van der Waals surface area contributed by atoms with Crippen molar-refractivity contribution in [2.45, 2.75) is 26.3 Å². The molecular formula is C21H25N3O4. The highest BCUT2D eigenvalue weighted by molar-refractivity contribution is 5.62. The summed E-state index contributed by atoms with van der Waals surface area (Å²) in [5.41, 5.74) is 2.99. The van der Waals surface area contributed by atoms with Crippen LogP contribution in [0.1, 0.15) is 31.2 Å². The minimum Gasteiger partial charge on any atom is -0.493 e. The Morgan fingerprint density at radius 2 is 1.61 bits per heavy atom. The Morgan fingerprint density at radius 3 is 2.14 bits per heavy atom. The number of aromatic nitrogens is 2. The molecule has 0 fully saturated rings. The van der Waals surface area contributed by atoms with Crippen LogP contribution >= 0.6 is 0 Å². The van der Waals surface area contributed by atoms with Crippen LogP contribution in [0.25, 0.3) is 11.4 Å². The van der Waals surface area contributed by atoms with Crippen LogP contribution in [-0.4, -0.2) is 31.5 Å². The Labute approximate surface area is 164 Å². The lowest BCUT2D eigenvalue weighted by molar-refractivity contribution is 0.324. The van der Waals surface area contributed by atoms with Gasteiger partial charge in [0.2, 0.25) is 17.5 Å². The molecule has 0 saturated heterocycles. The van der Waals surface area contributed by atoms with Gasteiger partial charge in [-0.15, -0.1) is 0 Å². The van der Waals surface area contributed by atoms with Gasteiger partial charge < -0.3 is 24.1 Å². The van der Waals surface area contributed by atoms with E-state index in [0.29, 0.717) is 41.4 Å². The molecule has 0 radical (unpaired) electrons. The molecule has 1 N–H and O–H groups in total. The predicted molar refractivity (Wildman–Crippen MR) is 107 cm³/mol. The van der Waals surface area contributed by atoms with Crippen LogP contribution in [0.5, 0.6) is 17.2 Å². The third kappa shape index (κ3) is 4.19. The van der Waals surface area contributed by atoms with Crippen molar-refractivity contribution in [2.24, 2.45) is 0 Å². The van der Waals surface area contributed by atoms with E-state index in [1.54, 1.807) is 21.3 Å². The predicted octanol–water partition coefficient (Wildman–Crippen LogP) is 4.50. The molecule has 28 heavy (non-hydrogen) atoms. The number of anilines is 1. The topological polar surface area (TPSA) is 78.6 Å². The molecule has 2 aromatic carbocycles. The van der Waals surface area contributed by atoms with Gasteiger partial charge in [-0.25, -0.2) is 0 Å². The zero-order valence-electron chi connectivity index (χ0n) is 16.8. The fourth-order valence-corrected chi connectivity index (χ4v) is 2.82. The van der Waals surface area contributed by atoms with Crippen LogP contribution in [0.2, 0.25) is 0 Å². The number of rotatable bonds is 8. The Kier molecular flexibility index (Phi) is 6.03. The molecule has 0 amide bonds.